The number of esters is 1. The second kappa shape index (κ2) is 7.81. The van der Waals surface area contributed by atoms with Crippen LogP contribution in [0.25, 0.3) is 0 Å². The fourth-order valence-electron chi connectivity index (χ4n) is 2.28. The molecule has 2 aromatic rings. The average Bonchev–Trinajstić information content (AvgIpc) is 2.55. The van der Waals surface area contributed by atoms with Gasteiger partial charge in [0.2, 0.25) is 0 Å². The van der Waals surface area contributed by atoms with Crippen molar-refractivity contribution in [2.45, 2.75) is 13.8 Å². The monoisotopic (exact) mass is 360 g/mol. The normalized spacial score (nSPS) is 10.1. The van der Waals surface area contributed by atoms with Gasteiger partial charge in [-0.1, -0.05) is 17.7 Å². The predicted molar refractivity (Wildman–Crippen MR) is 96.0 cm³/mol. The summed E-state index contributed by atoms with van der Waals surface area (Å²) in [6, 6.07) is 9.70. The van der Waals surface area contributed by atoms with Crippen molar-refractivity contribution in [3.05, 3.63) is 58.1 Å². The number of carbonyl (C=O) groups is 3. The molecule has 0 heterocycles. The Bertz CT molecular complexity index is 829. The van der Waals surface area contributed by atoms with E-state index in [1.807, 2.05) is 19.9 Å². The van der Waals surface area contributed by atoms with Gasteiger partial charge in [0.1, 0.15) is 0 Å². The molecule has 2 rings (SSSR count). The lowest BCUT2D eigenvalue weighted by Crippen LogP contribution is -2.29. The Labute approximate surface area is 150 Å². The summed E-state index contributed by atoms with van der Waals surface area (Å²) in [5, 5.41) is 5.11. The Balaban J connectivity index is 2.13. The summed E-state index contributed by atoms with van der Waals surface area (Å²) < 4.78 is 4.61. The molecule has 0 saturated heterocycles. The minimum absolute atomic E-state index is 0.144. The highest BCUT2D eigenvalue weighted by atomic mass is 35.5. The number of halogens is 1. The first-order valence-corrected chi connectivity index (χ1v) is 7.76. The number of methoxy groups -OCH3 is 1. The third-order valence-electron chi connectivity index (χ3n) is 3.32. The number of anilines is 2. The summed E-state index contributed by atoms with van der Waals surface area (Å²) in [4.78, 5) is 35.7. The standard InChI is InChI=1S/C18H17ClN2O4/c1-10-6-11(2)8-13(7-10)20-16(22)17(23)21-15-9-12(18(24)25-3)4-5-14(15)19/h4-9H,1-3H3,(H,20,22)(H,21,23). The zero-order valence-electron chi connectivity index (χ0n) is 14.0. The lowest BCUT2D eigenvalue weighted by molar-refractivity contribution is -0.132. The smallest absolute Gasteiger partial charge is 0.337 e. The molecule has 0 fully saturated rings. The van der Waals surface area contributed by atoms with E-state index in [-0.39, 0.29) is 16.3 Å². The number of nitrogens with one attached hydrogen (secondary N) is 2. The highest BCUT2D eigenvalue weighted by Crippen LogP contribution is 2.23. The molecule has 0 aliphatic carbocycles. The van der Waals surface area contributed by atoms with E-state index < -0.39 is 17.8 Å². The molecule has 0 spiro atoms. The fourth-order valence-corrected chi connectivity index (χ4v) is 2.44. The SMILES string of the molecule is COC(=O)c1ccc(Cl)c(NC(=O)C(=O)Nc2cc(C)cc(C)c2)c1. The summed E-state index contributed by atoms with van der Waals surface area (Å²) in [6.45, 7) is 3.78. The van der Waals surface area contributed by atoms with Crippen LogP contribution in [0.15, 0.2) is 36.4 Å². The molecule has 0 radical (unpaired) electrons. The van der Waals surface area contributed by atoms with Gasteiger partial charge in [-0.2, -0.15) is 0 Å². The number of carbonyl (C=O) groups excluding carboxylic acids is 3. The Kier molecular flexibility index (Phi) is 5.77. The average molecular weight is 361 g/mol. The molecule has 0 atom stereocenters. The second-order valence-electron chi connectivity index (χ2n) is 5.47. The zero-order chi connectivity index (χ0) is 18.6. The van der Waals surface area contributed by atoms with E-state index in [0.29, 0.717) is 5.69 Å². The Morgan fingerprint density at radius 2 is 1.52 bits per heavy atom. The number of hydrogen-bond donors (Lipinski definition) is 2. The minimum Gasteiger partial charge on any atom is -0.465 e. The van der Waals surface area contributed by atoms with E-state index in [1.165, 1.54) is 25.3 Å². The highest BCUT2D eigenvalue weighted by Gasteiger charge is 2.17. The molecule has 25 heavy (non-hydrogen) atoms. The summed E-state index contributed by atoms with van der Waals surface area (Å²) >= 11 is 6.00. The molecular weight excluding hydrogens is 344 g/mol. The van der Waals surface area contributed by atoms with Gasteiger partial charge in [0.25, 0.3) is 0 Å². The van der Waals surface area contributed by atoms with Crippen molar-refractivity contribution < 1.29 is 19.1 Å². The van der Waals surface area contributed by atoms with Gasteiger partial charge >= 0.3 is 17.8 Å². The number of amides is 2. The Morgan fingerprint density at radius 1 is 0.920 bits per heavy atom. The number of rotatable bonds is 3. The van der Waals surface area contributed by atoms with Crippen LogP contribution < -0.4 is 10.6 Å². The van der Waals surface area contributed by atoms with Gasteiger partial charge in [0.15, 0.2) is 0 Å². The van der Waals surface area contributed by atoms with Crippen molar-refractivity contribution in [1.29, 1.82) is 0 Å². The summed E-state index contributed by atoms with van der Waals surface area (Å²) in [5.74, 6) is -2.32. The third-order valence-corrected chi connectivity index (χ3v) is 3.65. The number of aryl methyl sites for hydroxylation is 2. The highest BCUT2D eigenvalue weighted by molar-refractivity contribution is 6.44. The maximum Gasteiger partial charge on any atom is 0.337 e. The molecule has 0 aliphatic heterocycles. The van der Waals surface area contributed by atoms with Gasteiger partial charge in [0.05, 0.1) is 23.4 Å². The molecule has 0 bridgehead atoms. The lowest BCUT2D eigenvalue weighted by atomic mass is 10.1. The molecule has 2 N–H and O–H groups in total. The van der Waals surface area contributed by atoms with Gasteiger partial charge in [-0.3, -0.25) is 9.59 Å². The van der Waals surface area contributed by atoms with Crippen molar-refractivity contribution in [1.82, 2.24) is 0 Å². The van der Waals surface area contributed by atoms with Gasteiger partial charge in [-0.25, -0.2) is 4.79 Å². The first-order valence-electron chi connectivity index (χ1n) is 7.38. The number of ether oxygens (including phenoxy) is 1. The number of benzene rings is 2. The van der Waals surface area contributed by atoms with E-state index in [0.717, 1.165) is 11.1 Å². The third kappa shape index (κ3) is 4.81. The molecule has 130 valence electrons. The summed E-state index contributed by atoms with van der Waals surface area (Å²) in [5.41, 5.74) is 2.79. The van der Waals surface area contributed by atoms with Crippen LogP contribution in [-0.2, 0) is 14.3 Å². The van der Waals surface area contributed by atoms with Crippen molar-refractivity contribution in [2.75, 3.05) is 17.7 Å². The predicted octanol–water partition coefficient (Wildman–Crippen LogP) is 3.32. The van der Waals surface area contributed by atoms with E-state index in [1.54, 1.807) is 12.1 Å². The molecule has 7 heteroatoms. The van der Waals surface area contributed by atoms with E-state index in [9.17, 15) is 14.4 Å². The molecule has 2 aromatic carbocycles. The number of hydrogen-bond acceptors (Lipinski definition) is 4. The molecule has 6 nitrogen and oxygen atoms in total. The fraction of sp³-hybridized carbons (Fsp3) is 0.167. The Morgan fingerprint density at radius 3 is 2.12 bits per heavy atom. The van der Waals surface area contributed by atoms with Crippen LogP contribution in [0.5, 0.6) is 0 Å². The van der Waals surface area contributed by atoms with Crippen LogP contribution in [0.4, 0.5) is 11.4 Å². The lowest BCUT2D eigenvalue weighted by Gasteiger charge is -2.10. The first kappa shape index (κ1) is 18.5. The topological polar surface area (TPSA) is 84.5 Å². The van der Waals surface area contributed by atoms with Gasteiger partial charge < -0.3 is 15.4 Å². The van der Waals surface area contributed by atoms with E-state index in [2.05, 4.69) is 15.4 Å². The van der Waals surface area contributed by atoms with Crippen LogP contribution in [0.3, 0.4) is 0 Å². The van der Waals surface area contributed by atoms with Crippen LogP contribution in [-0.4, -0.2) is 24.9 Å². The largest absolute Gasteiger partial charge is 0.465 e. The molecule has 0 aromatic heterocycles. The van der Waals surface area contributed by atoms with Gasteiger partial charge in [-0.05, 0) is 55.3 Å². The molecule has 2 amide bonds. The van der Waals surface area contributed by atoms with E-state index >= 15 is 0 Å². The quantitative estimate of drug-likeness (QED) is 0.649. The van der Waals surface area contributed by atoms with Gasteiger partial charge in [-0.15, -0.1) is 0 Å². The first-order chi connectivity index (χ1) is 11.8. The van der Waals surface area contributed by atoms with Crippen molar-refractivity contribution in [3.8, 4) is 0 Å². The molecular formula is C18H17ClN2O4. The van der Waals surface area contributed by atoms with Crippen LogP contribution in [0, 0.1) is 13.8 Å². The Hall–Kier alpha value is -2.86. The second-order valence-corrected chi connectivity index (χ2v) is 5.88. The summed E-state index contributed by atoms with van der Waals surface area (Å²) in [6.07, 6.45) is 0. The molecule has 0 aliphatic rings. The van der Waals surface area contributed by atoms with Crippen molar-refractivity contribution in [3.63, 3.8) is 0 Å². The van der Waals surface area contributed by atoms with Crippen molar-refractivity contribution >= 4 is 40.8 Å². The maximum atomic E-state index is 12.1. The van der Waals surface area contributed by atoms with Crippen LogP contribution >= 0.6 is 11.6 Å². The van der Waals surface area contributed by atoms with E-state index in [4.69, 9.17) is 11.6 Å². The van der Waals surface area contributed by atoms with Crippen LogP contribution in [0.2, 0.25) is 5.02 Å². The maximum absolute atomic E-state index is 12.1. The van der Waals surface area contributed by atoms with Gasteiger partial charge in [0, 0.05) is 5.69 Å². The summed E-state index contributed by atoms with van der Waals surface area (Å²) in [7, 11) is 1.24. The van der Waals surface area contributed by atoms with Crippen molar-refractivity contribution in [2.24, 2.45) is 0 Å². The molecule has 0 unspecified atom stereocenters. The van der Waals surface area contributed by atoms with Crippen LogP contribution in [0.1, 0.15) is 21.5 Å². The minimum atomic E-state index is -0.900. The molecule has 0 saturated carbocycles. The zero-order valence-corrected chi connectivity index (χ0v) is 14.7.